The van der Waals surface area contributed by atoms with Crippen LogP contribution in [0.5, 0.6) is 0 Å². The number of anilines is 1. The number of hydrogen-bond acceptors (Lipinski definition) is 5. The fourth-order valence-corrected chi connectivity index (χ4v) is 2.30. The smallest absolute Gasteiger partial charge is 0.326 e. The molecule has 9 N–H and O–H groups in total. The highest BCUT2D eigenvalue weighted by atomic mass is 16.4. The Kier molecular flexibility index (Phi) is 10.6. The molecule has 0 aliphatic heterocycles. The molecule has 3 amide bonds. The fraction of sp³-hybridized carbons (Fsp3) is 0.389. The fourth-order valence-electron chi connectivity index (χ4n) is 2.30. The third-order valence-corrected chi connectivity index (χ3v) is 3.90. The maximum absolute atomic E-state index is 12.0. The molecule has 1 rings (SSSR count). The van der Waals surface area contributed by atoms with Crippen molar-refractivity contribution in [3.05, 3.63) is 36.4 Å². The molecule has 0 aromatic heterocycles. The van der Waals surface area contributed by atoms with E-state index in [4.69, 9.17) is 10.2 Å². The van der Waals surface area contributed by atoms with E-state index < -0.39 is 24.0 Å². The number of amides is 3. The Morgan fingerprint density at radius 3 is 2.34 bits per heavy atom. The van der Waals surface area contributed by atoms with Gasteiger partial charge in [-0.05, 0) is 49.9 Å². The highest BCUT2D eigenvalue weighted by Gasteiger charge is 2.20. The lowest BCUT2D eigenvalue weighted by Crippen LogP contribution is -2.56. The van der Waals surface area contributed by atoms with Gasteiger partial charge in [-0.15, -0.1) is 0 Å². The van der Waals surface area contributed by atoms with Crippen LogP contribution in [0, 0.1) is 6.54 Å². The largest absolute Gasteiger partial charge is 0.481 e. The maximum Gasteiger partial charge on any atom is 0.326 e. The molecule has 0 spiro atoms. The van der Waals surface area contributed by atoms with Crippen molar-refractivity contribution < 1.29 is 35.2 Å². The lowest BCUT2D eigenvalue weighted by atomic mass is 10.1. The summed E-state index contributed by atoms with van der Waals surface area (Å²) in [5.74, 6) is 0.922. The summed E-state index contributed by atoms with van der Waals surface area (Å²) in [5.41, 5.74) is 4.08. The number of rotatable bonds is 13. The minimum Gasteiger partial charge on any atom is -0.481 e. The van der Waals surface area contributed by atoms with Crippen molar-refractivity contribution in [3.8, 4) is 0 Å². The molecule has 0 heterocycles. The van der Waals surface area contributed by atoms with Gasteiger partial charge in [-0.3, -0.25) is 15.4 Å². The zero-order valence-corrected chi connectivity index (χ0v) is 15.9. The molecular formula is C18H27N5O6+. The predicted octanol–water partition coefficient (Wildman–Crippen LogP) is -0.0655. The van der Waals surface area contributed by atoms with E-state index in [2.05, 4.69) is 27.2 Å². The summed E-state index contributed by atoms with van der Waals surface area (Å²) in [4.78, 5) is 45.1. The second kappa shape index (κ2) is 12.9. The number of urea groups is 1. The Morgan fingerprint density at radius 1 is 1.07 bits per heavy atom. The molecule has 1 unspecified atom stereocenters. The van der Waals surface area contributed by atoms with Crippen molar-refractivity contribution in [2.45, 2.75) is 38.1 Å². The number of carboxylic acid groups (broad SMARTS) is 2. The van der Waals surface area contributed by atoms with Crippen LogP contribution in [0.15, 0.2) is 24.3 Å². The number of aliphatic carboxylic acids is 2. The number of quaternary nitrogens is 1. The number of benzene rings is 1. The van der Waals surface area contributed by atoms with Crippen LogP contribution in [-0.2, 0) is 9.59 Å². The number of carbonyl (C=O) groups is 4. The van der Waals surface area contributed by atoms with E-state index in [1.165, 1.54) is 6.54 Å². The van der Waals surface area contributed by atoms with Crippen LogP contribution in [0.25, 0.3) is 0 Å². The van der Waals surface area contributed by atoms with Gasteiger partial charge in [0.2, 0.25) is 0 Å². The van der Waals surface area contributed by atoms with Gasteiger partial charge in [0.15, 0.2) is 0 Å². The molecule has 0 saturated carbocycles. The van der Waals surface area contributed by atoms with Crippen molar-refractivity contribution in [1.29, 1.82) is 0 Å². The Bertz CT molecular complexity index is 694. The minimum absolute atomic E-state index is 0.178. The predicted molar refractivity (Wildman–Crippen MR) is 103 cm³/mol. The number of nitrogens with one attached hydrogen (secondary N) is 4. The summed E-state index contributed by atoms with van der Waals surface area (Å²) >= 11 is 0. The molecule has 1 aromatic rings. The van der Waals surface area contributed by atoms with Crippen LogP contribution < -0.4 is 27.2 Å². The molecular weight excluding hydrogens is 382 g/mol. The molecule has 11 heteroatoms. The van der Waals surface area contributed by atoms with Gasteiger partial charge >= 0.3 is 18.0 Å². The van der Waals surface area contributed by atoms with E-state index in [9.17, 15) is 19.2 Å². The maximum atomic E-state index is 12.0. The van der Waals surface area contributed by atoms with Crippen molar-refractivity contribution in [3.63, 3.8) is 0 Å². The Balaban J connectivity index is 2.14. The van der Waals surface area contributed by atoms with Crippen LogP contribution in [0.3, 0.4) is 0 Å². The zero-order valence-electron chi connectivity index (χ0n) is 15.9. The topological polar surface area (TPSA) is 184 Å². The summed E-state index contributed by atoms with van der Waals surface area (Å²) < 4.78 is 0. The first kappa shape index (κ1) is 23.7. The van der Waals surface area contributed by atoms with Gasteiger partial charge in [-0.1, -0.05) is 0 Å². The van der Waals surface area contributed by atoms with E-state index in [1.807, 2.05) is 0 Å². The van der Waals surface area contributed by atoms with E-state index >= 15 is 0 Å². The van der Waals surface area contributed by atoms with Crippen LogP contribution in [0.4, 0.5) is 10.5 Å². The van der Waals surface area contributed by atoms with Crippen LogP contribution >= 0.6 is 0 Å². The summed E-state index contributed by atoms with van der Waals surface area (Å²) in [6, 6.07) is 4.92. The SMILES string of the molecule is [NH3+]Nc1ccc(C(=O)NCCCC[CH]NC(=O)NC(CCC(=O)O)C(=O)O)cc1. The van der Waals surface area contributed by atoms with Gasteiger partial charge in [0.25, 0.3) is 5.91 Å². The van der Waals surface area contributed by atoms with E-state index in [1.54, 1.807) is 24.3 Å². The monoisotopic (exact) mass is 409 g/mol. The lowest BCUT2D eigenvalue weighted by Gasteiger charge is -2.14. The zero-order chi connectivity index (χ0) is 21.6. The second-order valence-corrected chi connectivity index (χ2v) is 6.15. The second-order valence-electron chi connectivity index (χ2n) is 6.15. The number of carbonyl (C=O) groups excluding carboxylic acids is 2. The van der Waals surface area contributed by atoms with Gasteiger partial charge in [0.1, 0.15) is 6.04 Å². The first-order valence-corrected chi connectivity index (χ1v) is 9.08. The summed E-state index contributed by atoms with van der Waals surface area (Å²) in [6.07, 6.45) is 1.36. The molecule has 11 nitrogen and oxygen atoms in total. The first-order chi connectivity index (χ1) is 13.8. The average molecular weight is 409 g/mol. The molecule has 0 aliphatic rings. The molecule has 0 saturated heterocycles. The number of unbranched alkanes of at least 4 members (excludes halogenated alkanes) is 2. The Hall–Kier alpha value is -3.34. The first-order valence-electron chi connectivity index (χ1n) is 9.08. The summed E-state index contributed by atoms with van der Waals surface area (Å²) in [6.45, 7) is 1.96. The summed E-state index contributed by atoms with van der Waals surface area (Å²) in [5, 5.41) is 25.0. The van der Waals surface area contributed by atoms with Gasteiger partial charge < -0.3 is 26.2 Å². The highest BCUT2D eigenvalue weighted by molar-refractivity contribution is 5.94. The van der Waals surface area contributed by atoms with Gasteiger partial charge in [0, 0.05) is 18.5 Å². The minimum atomic E-state index is -1.30. The Morgan fingerprint density at radius 2 is 1.76 bits per heavy atom. The van der Waals surface area contributed by atoms with Gasteiger partial charge in [-0.25, -0.2) is 15.0 Å². The average Bonchev–Trinajstić information content (AvgIpc) is 2.69. The molecule has 29 heavy (non-hydrogen) atoms. The van der Waals surface area contributed by atoms with E-state index in [-0.39, 0.29) is 18.7 Å². The third-order valence-electron chi connectivity index (χ3n) is 3.90. The van der Waals surface area contributed by atoms with Crippen LogP contribution in [-0.4, -0.2) is 46.7 Å². The highest BCUT2D eigenvalue weighted by Crippen LogP contribution is 2.07. The normalized spacial score (nSPS) is 11.2. The molecule has 1 radical (unpaired) electrons. The van der Waals surface area contributed by atoms with Crippen molar-refractivity contribution in [2.75, 3.05) is 12.0 Å². The molecule has 1 aromatic carbocycles. The number of hydrogen-bond donors (Lipinski definition) is 7. The van der Waals surface area contributed by atoms with Crippen molar-refractivity contribution in [2.24, 2.45) is 0 Å². The lowest BCUT2D eigenvalue weighted by molar-refractivity contribution is -0.325. The van der Waals surface area contributed by atoms with Crippen LogP contribution in [0.2, 0.25) is 0 Å². The van der Waals surface area contributed by atoms with Gasteiger partial charge in [0.05, 0.1) is 12.2 Å². The molecule has 159 valence electrons. The van der Waals surface area contributed by atoms with Crippen molar-refractivity contribution >= 4 is 29.6 Å². The van der Waals surface area contributed by atoms with Crippen LogP contribution in [0.1, 0.15) is 42.5 Å². The van der Waals surface area contributed by atoms with Gasteiger partial charge in [-0.2, -0.15) is 0 Å². The van der Waals surface area contributed by atoms with E-state index in [0.29, 0.717) is 31.4 Å². The molecule has 0 bridgehead atoms. The molecule has 0 fully saturated rings. The van der Waals surface area contributed by atoms with E-state index in [0.717, 1.165) is 5.69 Å². The number of carboxylic acids is 2. The summed E-state index contributed by atoms with van der Waals surface area (Å²) in [7, 11) is 0. The molecule has 0 aliphatic carbocycles. The Labute approximate surface area is 168 Å². The quantitative estimate of drug-likeness (QED) is 0.176. The third kappa shape index (κ3) is 9.96. The molecule has 1 atom stereocenters. The van der Waals surface area contributed by atoms with Crippen molar-refractivity contribution in [1.82, 2.24) is 16.0 Å². The standard InChI is InChI=1S/C18H26N5O6/c19-23-13-6-4-12(5-7-13)16(26)20-10-2-1-3-11-21-18(29)22-14(17(27)28)8-9-15(24)25/h4-7,11,14,23H,1-3,8-10,19H2,(H,20,26)(H,24,25)(H,27,28)(H2,21,22,29)/p+1.